The van der Waals surface area contributed by atoms with Crippen molar-refractivity contribution in [3.8, 4) is 0 Å². The fraction of sp³-hybridized carbons (Fsp3) is 0.133. The Morgan fingerprint density at radius 2 is 1.96 bits per heavy atom. The molecule has 1 N–H and O–H groups in total. The summed E-state index contributed by atoms with van der Waals surface area (Å²) >= 11 is 7.02. The van der Waals surface area contributed by atoms with Gasteiger partial charge in [-0.3, -0.25) is 14.1 Å². The van der Waals surface area contributed by atoms with Gasteiger partial charge in [0, 0.05) is 6.54 Å². The lowest BCUT2D eigenvalue weighted by molar-refractivity contribution is 0.601. The number of nitrogens with one attached hydrogen (secondary N) is 1. The number of halogens is 1. The molecule has 8 heteroatoms. The lowest BCUT2D eigenvalue weighted by Crippen LogP contribution is -2.13. The summed E-state index contributed by atoms with van der Waals surface area (Å²) in [5.74, 6) is 0. The molecule has 5 nitrogen and oxygen atoms in total. The van der Waals surface area contributed by atoms with Gasteiger partial charge in [-0.15, -0.1) is 0 Å². The SMILES string of the molecule is CCn1c(=O)sc2cc(S(=O)(=O)Nc3ccccc3Cl)ccc21. The zero-order chi connectivity index (χ0) is 16.6. The molecule has 2 aromatic carbocycles. The number of aryl methyl sites for hydroxylation is 1. The average molecular weight is 369 g/mol. The van der Waals surface area contributed by atoms with E-state index >= 15 is 0 Å². The highest BCUT2D eigenvalue weighted by atomic mass is 35.5. The van der Waals surface area contributed by atoms with Crippen LogP contribution in [-0.2, 0) is 16.6 Å². The molecule has 0 saturated carbocycles. The van der Waals surface area contributed by atoms with Gasteiger partial charge in [0.15, 0.2) is 0 Å². The van der Waals surface area contributed by atoms with Crippen molar-refractivity contribution in [2.24, 2.45) is 0 Å². The van der Waals surface area contributed by atoms with Crippen molar-refractivity contribution in [2.75, 3.05) is 4.72 Å². The van der Waals surface area contributed by atoms with E-state index in [0.717, 1.165) is 16.9 Å². The highest BCUT2D eigenvalue weighted by Gasteiger charge is 2.17. The van der Waals surface area contributed by atoms with Crippen molar-refractivity contribution in [1.82, 2.24) is 4.57 Å². The van der Waals surface area contributed by atoms with E-state index in [2.05, 4.69) is 4.72 Å². The molecule has 0 aliphatic rings. The highest BCUT2D eigenvalue weighted by Crippen LogP contribution is 2.26. The number of nitrogens with zero attached hydrogens (tertiary/aromatic N) is 1. The maximum absolute atomic E-state index is 12.5. The van der Waals surface area contributed by atoms with Crippen LogP contribution >= 0.6 is 22.9 Å². The van der Waals surface area contributed by atoms with Crippen molar-refractivity contribution in [3.05, 3.63) is 57.2 Å². The molecule has 1 aromatic heterocycles. The van der Waals surface area contributed by atoms with Gasteiger partial charge in [-0.05, 0) is 37.3 Å². The third-order valence-electron chi connectivity index (χ3n) is 3.38. The second-order valence-electron chi connectivity index (χ2n) is 4.83. The van der Waals surface area contributed by atoms with Gasteiger partial charge >= 0.3 is 4.87 Å². The quantitative estimate of drug-likeness (QED) is 0.765. The van der Waals surface area contributed by atoms with Crippen LogP contribution in [0.1, 0.15) is 6.92 Å². The standard InChI is InChI=1S/C15H13ClN2O3S2/c1-2-18-13-8-7-10(9-14(13)22-15(18)19)23(20,21)17-12-6-4-3-5-11(12)16/h3-9,17H,2H2,1H3. The van der Waals surface area contributed by atoms with Crippen molar-refractivity contribution in [3.63, 3.8) is 0 Å². The lowest BCUT2D eigenvalue weighted by atomic mass is 10.3. The molecule has 0 saturated heterocycles. The predicted octanol–water partition coefficient (Wildman–Crippen LogP) is 3.54. The first-order valence-corrected chi connectivity index (χ1v) is 9.51. The number of thiazole rings is 1. The molecule has 0 radical (unpaired) electrons. The summed E-state index contributed by atoms with van der Waals surface area (Å²) in [6.45, 7) is 2.42. The van der Waals surface area contributed by atoms with Gasteiger partial charge in [-0.2, -0.15) is 0 Å². The Hall–Kier alpha value is -1.83. The fourth-order valence-electron chi connectivity index (χ4n) is 2.26. The minimum Gasteiger partial charge on any atom is -0.299 e. The summed E-state index contributed by atoms with van der Waals surface area (Å²) in [5.41, 5.74) is 1.05. The van der Waals surface area contributed by atoms with Crippen molar-refractivity contribution in [1.29, 1.82) is 0 Å². The van der Waals surface area contributed by atoms with Gasteiger partial charge in [0.1, 0.15) is 0 Å². The largest absolute Gasteiger partial charge is 0.308 e. The first kappa shape index (κ1) is 16.0. The second kappa shape index (κ2) is 5.99. The Morgan fingerprint density at radius 1 is 1.22 bits per heavy atom. The van der Waals surface area contributed by atoms with E-state index in [1.807, 2.05) is 6.92 Å². The van der Waals surface area contributed by atoms with Gasteiger partial charge in [0.25, 0.3) is 10.0 Å². The van der Waals surface area contributed by atoms with Gasteiger partial charge in [-0.25, -0.2) is 8.42 Å². The number of anilines is 1. The Balaban J connectivity index is 2.05. The van der Waals surface area contributed by atoms with E-state index in [1.165, 1.54) is 12.1 Å². The van der Waals surface area contributed by atoms with Crippen LogP contribution in [0.25, 0.3) is 10.2 Å². The summed E-state index contributed by atoms with van der Waals surface area (Å²) in [6.07, 6.45) is 0. The van der Waals surface area contributed by atoms with Crippen molar-refractivity contribution >= 4 is 48.9 Å². The Morgan fingerprint density at radius 3 is 2.65 bits per heavy atom. The molecule has 1 heterocycles. The van der Waals surface area contributed by atoms with E-state index in [4.69, 9.17) is 11.6 Å². The number of benzene rings is 2. The van der Waals surface area contributed by atoms with Crippen LogP contribution in [0.4, 0.5) is 5.69 Å². The van der Waals surface area contributed by atoms with E-state index in [9.17, 15) is 13.2 Å². The average Bonchev–Trinajstić information content (AvgIpc) is 2.83. The zero-order valence-electron chi connectivity index (χ0n) is 12.1. The molecular weight excluding hydrogens is 356 g/mol. The summed E-state index contributed by atoms with van der Waals surface area (Å²) in [4.78, 5) is 11.9. The number of fused-ring (bicyclic) bond motifs is 1. The summed E-state index contributed by atoms with van der Waals surface area (Å²) in [6, 6.07) is 11.3. The number of aromatic nitrogens is 1. The normalized spacial score (nSPS) is 11.7. The molecule has 0 amide bonds. The van der Waals surface area contributed by atoms with Crippen LogP contribution in [0.2, 0.25) is 5.02 Å². The third-order valence-corrected chi connectivity index (χ3v) is 6.02. The van der Waals surface area contributed by atoms with Crippen LogP contribution in [-0.4, -0.2) is 13.0 Å². The van der Waals surface area contributed by atoms with Crippen LogP contribution in [0.3, 0.4) is 0 Å². The molecule has 0 aliphatic heterocycles. The molecule has 23 heavy (non-hydrogen) atoms. The second-order valence-corrected chi connectivity index (χ2v) is 7.91. The smallest absolute Gasteiger partial charge is 0.299 e. The van der Waals surface area contributed by atoms with Crippen molar-refractivity contribution < 1.29 is 8.42 Å². The molecule has 0 fully saturated rings. The molecule has 0 aliphatic carbocycles. The van der Waals surface area contributed by atoms with E-state index in [0.29, 0.717) is 22.0 Å². The molecule has 3 aromatic rings. The number of para-hydroxylation sites is 1. The topological polar surface area (TPSA) is 68.2 Å². The number of sulfonamides is 1. The van der Waals surface area contributed by atoms with E-state index in [1.54, 1.807) is 34.9 Å². The fourth-order valence-corrected chi connectivity index (χ4v) is 4.67. The Kier molecular flexibility index (Phi) is 4.18. The maximum Gasteiger partial charge on any atom is 0.308 e. The predicted molar refractivity (Wildman–Crippen MR) is 94.0 cm³/mol. The zero-order valence-corrected chi connectivity index (χ0v) is 14.5. The van der Waals surface area contributed by atoms with Gasteiger partial charge in [-0.1, -0.05) is 35.1 Å². The van der Waals surface area contributed by atoms with Crippen LogP contribution in [0.15, 0.2) is 52.2 Å². The van der Waals surface area contributed by atoms with Gasteiger partial charge in [0.05, 0.1) is 25.8 Å². The summed E-state index contributed by atoms with van der Waals surface area (Å²) in [7, 11) is -3.78. The molecule has 0 unspecified atom stereocenters. The van der Waals surface area contributed by atoms with Gasteiger partial charge < -0.3 is 0 Å². The summed E-state index contributed by atoms with van der Waals surface area (Å²) < 4.78 is 29.7. The van der Waals surface area contributed by atoms with Crippen LogP contribution in [0, 0.1) is 0 Å². The minimum atomic E-state index is -3.78. The van der Waals surface area contributed by atoms with Crippen LogP contribution < -0.4 is 9.60 Å². The molecule has 0 spiro atoms. The highest BCUT2D eigenvalue weighted by molar-refractivity contribution is 7.92. The summed E-state index contributed by atoms with van der Waals surface area (Å²) in [5, 5.41) is 0.318. The molecule has 120 valence electrons. The molecule has 0 atom stereocenters. The first-order chi connectivity index (χ1) is 10.9. The molecule has 3 rings (SSSR count). The third kappa shape index (κ3) is 2.99. The van der Waals surface area contributed by atoms with Crippen molar-refractivity contribution in [2.45, 2.75) is 18.4 Å². The Bertz CT molecular complexity index is 1040. The molecule has 0 bridgehead atoms. The van der Waals surface area contributed by atoms with Crippen LogP contribution in [0.5, 0.6) is 0 Å². The first-order valence-electron chi connectivity index (χ1n) is 6.83. The van der Waals surface area contributed by atoms with E-state index in [-0.39, 0.29) is 9.77 Å². The Labute approximate surface area is 142 Å². The minimum absolute atomic E-state index is 0.0921. The monoisotopic (exact) mass is 368 g/mol. The number of rotatable bonds is 4. The van der Waals surface area contributed by atoms with Gasteiger partial charge in [0.2, 0.25) is 0 Å². The lowest BCUT2D eigenvalue weighted by Gasteiger charge is -2.09. The maximum atomic E-state index is 12.5. The number of hydrogen-bond donors (Lipinski definition) is 1. The molecular formula is C15H13ClN2O3S2. The number of hydrogen-bond acceptors (Lipinski definition) is 4. The van der Waals surface area contributed by atoms with E-state index < -0.39 is 10.0 Å².